The molecule has 0 spiro atoms. The molecular formula is C10H9F3N4S. The van der Waals surface area contributed by atoms with E-state index < -0.39 is 11.7 Å². The Balaban J connectivity index is 2.34. The van der Waals surface area contributed by atoms with Gasteiger partial charge in [0.25, 0.3) is 0 Å². The standard InChI is InChI=1S/C10H9F3N4S/c11-10(12,13)8-3-7(2-1-6(8)4-14)18-9-15-5-16-17-9/h1-3,5H,4,14H2,(H,15,16,17). The third kappa shape index (κ3) is 2.82. The summed E-state index contributed by atoms with van der Waals surface area (Å²) in [5.74, 6) is 0. The van der Waals surface area contributed by atoms with E-state index in [0.29, 0.717) is 10.1 Å². The van der Waals surface area contributed by atoms with Crippen LogP contribution in [0.2, 0.25) is 0 Å². The molecule has 1 aromatic heterocycles. The van der Waals surface area contributed by atoms with Crippen LogP contribution in [0.15, 0.2) is 34.6 Å². The van der Waals surface area contributed by atoms with Crippen LogP contribution in [0.5, 0.6) is 0 Å². The van der Waals surface area contributed by atoms with Crippen molar-refractivity contribution in [2.75, 3.05) is 0 Å². The number of nitrogens with two attached hydrogens (primary N) is 1. The van der Waals surface area contributed by atoms with Gasteiger partial charge in [0.15, 0.2) is 5.16 Å². The lowest BCUT2D eigenvalue weighted by Crippen LogP contribution is -2.11. The molecule has 18 heavy (non-hydrogen) atoms. The molecule has 4 nitrogen and oxygen atoms in total. The Morgan fingerprint density at radius 3 is 2.67 bits per heavy atom. The third-order valence-electron chi connectivity index (χ3n) is 2.21. The topological polar surface area (TPSA) is 67.6 Å². The van der Waals surface area contributed by atoms with Gasteiger partial charge in [-0.15, -0.1) is 0 Å². The summed E-state index contributed by atoms with van der Waals surface area (Å²) in [5, 5.41) is 6.63. The quantitative estimate of drug-likeness (QED) is 0.902. The van der Waals surface area contributed by atoms with Crippen molar-refractivity contribution in [2.45, 2.75) is 22.8 Å². The number of aromatic nitrogens is 3. The molecule has 0 saturated heterocycles. The molecule has 0 bridgehead atoms. The van der Waals surface area contributed by atoms with Crippen LogP contribution in [0.1, 0.15) is 11.1 Å². The number of nitrogens with zero attached hydrogens (tertiary/aromatic N) is 2. The van der Waals surface area contributed by atoms with Gasteiger partial charge >= 0.3 is 6.18 Å². The first kappa shape index (κ1) is 12.9. The Morgan fingerprint density at radius 2 is 2.11 bits per heavy atom. The van der Waals surface area contributed by atoms with Crippen molar-refractivity contribution in [1.29, 1.82) is 0 Å². The second-order valence-electron chi connectivity index (χ2n) is 3.41. The first-order valence-electron chi connectivity index (χ1n) is 4.94. The number of aromatic amines is 1. The predicted octanol–water partition coefficient (Wildman–Crippen LogP) is 2.43. The number of hydrogen-bond donors (Lipinski definition) is 2. The molecule has 2 rings (SSSR count). The van der Waals surface area contributed by atoms with E-state index in [2.05, 4.69) is 15.2 Å². The molecule has 0 unspecified atom stereocenters. The minimum atomic E-state index is -4.41. The molecule has 0 aliphatic heterocycles. The number of H-pyrrole nitrogens is 1. The molecule has 2 aromatic rings. The monoisotopic (exact) mass is 274 g/mol. The Bertz CT molecular complexity index is 524. The molecule has 0 fully saturated rings. The maximum Gasteiger partial charge on any atom is 0.416 e. The lowest BCUT2D eigenvalue weighted by Gasteiger charge is -2.12. The first-order chi connectivity index (χ1) is 8.50. The van der Waals surface area contributed by atoms with Crippen molar-refractivity contribution in [3.8, 4) is 0 Å². The van der Waals surface area contributed by atoms with Crippen molar-refractivity contribution in [3.63, 3.8) is 0 Å². The summed E-state index contributed by atoms with van der Waals surface area (Å²) in [5.41, 5.74) is 4.66. The zero-order valence-corrected chi connectivity index (χ0v) is 9.85. The number of hydrogen-bond acceptors (Lipinski definition) is 4. The molecular weight excluding hydrogens is 265 g/mol. The lowest BCUT2D eigenvalue weighted by molar-refractivity contribution is -0.138. The van der Waals surface area contributed by atoms with Crippen LogP contribution in [0.4, 0.5) is 13.2 Å². The van der Waals surface area contributed by atoms with Gasteiger partial charge in [0.1, 0.15) is 6.33 Å². The highest BCUT2D eigenvalue weighted by atomic mass is 32.2. The van der Waals surface area contributed by atoms with E-state index >= 15 is 0 Å². The number of halogens is 3. The summed E-state index contributed by atoms with van der Waals surface area (Å²) in [6.45, 7) is -0.151. The molecule has 0 aliphatic rings. The summed E-state index contributed by atoms with van der Waals surface area (Å²) in [7, 11) is 0. The molecule has 1 heterocycles. The Hall–Kier alpha value is -1.54. The van der Waals surface area contributed by atoms with Gasteiger partial charge in [-0.05, 0) is 17.7 Å². The van der Waals surface area contributed by atoms with Crippen LogP contribution in [0.3, 0.4) is 0 Å². The first-order valence-corrected chi connectivity index (χ1v) is 5.76. The molecule has 0 aliphatic carbocycles. The van der Waals surface area contributed by atoms with Crippen molar-refractivity contribution < 1.29 is 13.2 Å². The van der Waals surface area contributed by atoms with Crippen molar-refractivity contribution in [2.24, 2.45) is 5.73 Å². The normalized spacial score (nSPS) is 11.8. The third-order valence-corrected chi connectivity index (χ3v) is 3.09. The van der Waals surface area contributed by atoms with E-state index in [1.807, 2.05) is 0 Å². The van der Waals surface area contributed by atoms with E-state index in [4.69, 9.17) is 5.73 Å². The van der Waals surface area contributed by atoms with E-state index in [9.17, 15) is 13.2 Å². The van der Waals surface area contributed by atoms with Crippen LogP contribution in [0.25, 0.3) is 0 Å². The van der Waals surface area contributed by atoms with Gasteiger partial charge in [0, 0.05) is 11.4 Å². The second kappa shape index (κ2) is 4.99. The van der Waals surface area contributed by atoms with Gasteiger partial charge in [0.2, 0.25) is 0 Å². The summed E-state index contributed by atoms with van der Waals surface area (Å²) >= 11 is 1.07. The van der Waals surface area contributed by atoms with Gasteiger partial charge in [-0.2, -0.15) is 18.3 Å². The fraction of sp³-hybridized carbons (Fsp3) is 0.200. The average molecular weight is 274 g/mol. The molecule has 0 saturated carbocycles. The van der Waals surface area contributed by atoms with Gasteiger partial charge in [0.05, 0.1) is 5.56 Å². The van der Waals surface area contributed by atoms with Gasteiger partial charge in [-0.1, -0.05) is 17.8 Å². The molecule has 0 atom stereocenters. The van der Waals surface area contributed by atoms with E-state index in [0.717, 1.165) is 17.8 Å². The number of nitrogens with one attached hydrogen (secondary N) is 1. The Labute approximate surface area is 105 Å². The minimum Gasteiger partial charge on any atom is -0.326 e. The summed E-state index contributed by atoms with van der Waals surface area (Å²) in [6.07, 6.45) is -3.12. The largest absolute Gasteiger partial charge is 0.416 e. The lowest BCUT2D eigenvalue weighted by atomic mass is 10.1. The van der Waals surface area contributed by atoms with E-state index in [1.165, 1.54) is 12.4 Å². The van der Waals surface area contributed by atoms with Crippen LogP contribution in [-0.2, 0) is 12.7 Å². The highest BCUT2D eigenvalue weighted by Gasteiger charge is 2.33. The summed E-state index contributed by atoms with van der Waals surface area (Å²) < 4.78 is 38.4. The van der Waals surface area contributed by atoms with Gasteiger partial charge < -0.3 is 5.73 Å². The fourth-order valence-corrected chi connectivity index (χ4v) is 2.15. The smallest absolute Gasteiger partial charge is 0.326 e. The predicted molar refractivity (Wildman–Crippen MR) is 59.8 cm³/mol. The zero-order chi connectivity index (χ0) is 13.2. The number of alkyl halides is 3. The van der Waals surface area contributed by atoms with Crippen LogP contribution < -0.4 is 5.73 Å². The van der Waals surface area contributed by atoms with Crippen LogP contribution in [0, 0.1) is 0 Å². The SMILES string of the molecule is NCc1ccc(Sc2ncn[nH]2)cc1C(F)(F)F. The number of benzene rings is 1. The van der Waals surface area contributed by atoms with Crippen molar-refractivity contribution in [1.82, 2.24) is 15.2 Å². The molecule has 3 N–H and O–H groups in total. The van der Waals surface area contributed by atoms with E-state index in [-0.39, 0.29) is 12.1 Å². The molecule has 0 amide bonds. The van der Waals surface area contributed by atoms with Crippen LogP contribution >= 0.6 is 11.8 Å². The van der Waals surface area contributed by atoms with Crippen molar-refractivity contribution >= 4 is 11.8 Å². The number of rotatable bonds is 3. The molecule has 1 aromatic carbocycles. The van der Waals surface area contributed by atoms with Gasteiger partial charge in [-0.25, -0.2) is 4.98 Å². The molecule has 8 heteroatoms. The molecule has 96 valence electrons. The Morgan fingerprint density at radius 1 is 1.33 bits per heavy atom. The zero-order valence-electron chi connectivity index (χ0n) is 9.03. The second-order valence-corrected chi connectivity index (χ2v) is 4.48. The van der Waals surface area contributed by atoms with Crippen LogP contribution in [-0.4, -0.2) is 15.2 Å². The average Bonchev–Trinajstić information content (AvgIpc) is 2.80. The summed E-state index contributed by atoms with van der Waals surface area (Å²) in [4.78, 5) is 4.26. The van der Waals surface area contributed by atoms with Crippen molar-refractivity contribution in [3.05, 3.63) is 35.7 Å². The summed E-state index contributed by atoms with van der Waals surface area (Å²) in [6, 6.07) is 4.02. The molecule has 0 radical (unpaired) electrons. The van der Waals surface area contributed by atoms with Gasteiger partial charge in [-0.3, -0.25) is 5.10 Å². The highest BCUT2D eigenvalue weighted by molar-refractivity contribution is 7.99. The highest BCUT2D eigenvalue weighted by Crippen LogP contribution is 2.35. The maximum absolute atomic E-state index is 12.8. The van der Waals surface area contributed by atoms with E-state index in [1.54, 1.807) is 6.07 Å². The Kier molecular flexibility index (Phi) is 3.58. The fourth-order valence-electron chi connectivity index (χ4n) is 1.42. The minimum absolute atomic E-state index is 0.0735. The maximum atomic E-state index is 12.8.